The molecule has 1 aliphatic heterocycles. The highest BCUT2D eigenvalue weighted by atomic mass is 16.2. The summed E-state index contributed by atoms with van der Waals surface area (Å²) in [6.45, 7) is 6.13. The van der Waals surface area contributed by atoms with E-state index in [4.69, 9.17) is 5.26 Å². The Labute approximate surface area is 91.2 Å². The van der Waals surface area contributed by atoms with E-state index in [0.717, 1.165) is 13.1 Å². The van der Waals surface area contributed by atoms with Crippen LogP contribution in [0, 0.1) is 29.1 Å². The average molecular weight is 209 g/mol. The van der Waals surface area contributed by atoms with E-state index in [9.17, 15) is 4.79 Å². The van der Waals surface area contributed by atoms with Gasteiger partial charge in [-0.3, -0.25) is 4.79 Å². The molecule has 1 N–H and O–H groups in total. The molecular formula is C11H19N3O. The summed E-state index contributed by atoms with van der Waals surface area (Å²) in [4.78, 5) is 13.7. The predicted octanol–water partition coefficient (Wildman–Crippen LogP) is 0.460. The highest BCUT2D eigenvalue weighted by Gasteiger charge is 2.31. The molecule has 0 aromatic heterocycles. The van der Waals surface area contributed by atoms with E-state index in [2.05, 4.69) is 18.3 Å². The number of amides is 1. The number of nitriles is 1. The van der Waals surface area contributed by atoms with Crippen LogP contribution in [0.2, 0.25) is 0 Å². The van der Waals surface area contributed by atoms with Gasteiger partial charge >= 0.3 is 0 Å². The topological polar surface area (TPSA) is 56.1 Å². The summed E-state index contributed by atoms with van der Waals surface area (Å²) in [5.74, 6) is 0.552. The van der Waals surface area contributed by atoms with Crippen molar-refractivity contribution >= 4 is 5.91 Å². The molecule has 0 aliphatic carbocycles. The zero-order valence-electron chi connectivity index (χ0n) is 9.66. The van der Waals surface area contributed by atoms with Crippen molar-refractivity contribution in [2.45, 2.75) is 13.8 Å². The molecule has 1 fully saturated rings. The normalized spacial score (nSPS) is 27.1. The van der Waals surface area contributed by atoms with Crippen LogP contribution in [0.1, 0.15) is 13.8 Å². The summed E-state index contributed by atoms with van der Waals surface area (Å²) in [6.07, 6.45) is 0. The highest BCUT2D eigenvalue weighted by Crippen LogP contribution is 2.18. The number of nitrogens with zero attached hydrogens (tertiary/aromatic N) is 2. The largest absolute Gasteiger partial charge is 0.344 e. The van der Waals surface area contributed by atoms with Gasteiger partial charge in [-0.15, -0.1) is 0 Å². The molecule has 1 saturated heterocycles. The van der Waals surface area contributed by atoms with Crippen LogP contribution >= 0.6 is 0 Å². The first-order valence-corrected chi connectivity index (χ1v) is 5.41. The Hall–Kier alpha value is -1.08. The van der Waals surface area contributed by atoms with Gasteiger partial charge in [0.2, 0.25) is 5.91 Å². The fourth-order valence-electron chi connectivity index (χ4n) is 1.97. The van der Waals surface area contributed by atoms with Gasteiger partial charge in [0.15, 0.2) is 0 Å². The first kappa shape index (κ1) is 12.0. The van der Waals surface area contributed by atoms with E-state index >= 15 is 0 Å². The van der Waals surface area contributed by atoms with Gasteiger partial charge in [-0.25, -0.2) is 0 Å². The molecule has 3 atom stereocenters. The first-order chi connectivity index (χ1) is 7.06. The molecular weight excluding hydrogens is 190 g/mol. The Morgan fingerprint density at radius 1 is 1.67 bits per heavy atom. The molecule has 0 aromatic rings. The van der Waals surface area contributed by atoms with Gasteiger partial charge in [0.05, 0.1) is 17.9 Å². The van der Waals surface area contributed by atoms with Crippen LogP contribution in [0.5, 0.6) is 0 Å². The summed E-state index contributed by atoms with van der Waals surface area (Å²) in [5, 5.41) is 11.9. The Bertz CT molecular complexity index is 271. The van der Waals surface area contributed by atoms with E-state index in [1.807, 2.05) is 6.92 Å². The molecule has 0 saturated carbocycles. The molecule has 4 nitrogen and oxygen atoms in total. The van der Waals surface area contributed by atoms with Gasteiger partial charge in [0.25, 0.3) is 0 Å². The van der Waals surface area contributed by atoms with Crippen LogP contribution in [-0.2, 0) is 4.79 Å². The highest BCUT2D eigenvalue weighted by molar-refractivity contribution is 5.79. The minimum Gasteiger partial charge on any atom is -0.344 e. The first-order valence-electron chi connectivity index (χ1n) is 5.41. The van der Waals surface area contributed by atoms with Gasteiger partial charge < -0.3 is 10.2 Å². The molecule has 1 heterocycles. The molecule has 0 aromatic carbocycles. The third-order valence-electron chi connectivity index (χ3n) is 2.98. The predicted molar refractivity (Wildman–Crippen MR) is 57.9 cm³/mol. The Balaban J connectivity index is 2.49. The monoisotopic (exact) mass is 209 g/mol. The third kappa shape index (κ3) is 2.93. The van der Waals surface area contributed by atoms with E-state index in [-0.39, 0.29) is 17.7 Å². The smallest absolute Gasteiger partial charge is 0.227 e. The van der Waals surface area contributed by atoms with Crippen molar-refractivity contribution < 1.29 is 4.79 Å². The van der Waals surface area contributed by atoms with E-state index < -0.39 is 0 Å². The summed E-state index contributed by atoms with van der Waals surface area (Å²) >= 11 is 0. The molecule has 1 amide bonds. The van der Waals surface area contributed by atoms with Crippen molar-refractivity contribution in [1.82, 2.24) is 10.2 Å². The van der Waals surface area contributed by atoms with Crippen molar-refractivity contribution in [3.05, 3.63) is 0 Å². The molecule has 4 heteroatoms. The number of carbonyl (C=O) groups is 1. The standard InChI is InChI=1S/C11H19N3O/c1-8(4-12)7-14(3)11(15)10-6-13-5-9(10)2/h8-10,13H,5-7H2,1-3H3/t8?,9-,10-/m1/s1. The lowest BCUT2D eigenvalue weighted by molar-refractivity contribution is -0.134. The molecule has 15 heavy (non-hydrogen) atoms. The number of carbonyl (C=O) groups excluding carboxylic acids is 1. The molecule has 84 valence electrons. The van der Waals surface area contributed by atoms with E-state index in [1.54, 1.807) is 11.9 Å². The average Bonchev–Trinajstić information content (AvgIpc) is 2.63. The number of hydrogen-bond donors (Lipinski definition) is 1. The SMILES string of the molecule is CC(C#N)CN(C)C(=O)[C@@H]1CNC[C@H]1C. The van der Waals surface area contributed by atoms with Crippen molar-refractivity contribution in [3.8, 4) is 6.07 Å². The van der Waals surface area contributed by atoms with Gasteiger partial charge in [0, 0.05) is 20.1 Å². The third-order valence-corrected chi connectivity index (χ3v) is 2.98. The van der Waals surface area contributed by atoms with Gasteiger partial charge in [-0.2, -0.15) is 5.26 Å². The van der Waals surface area contributed by atoms with Gasteiger partial charge in [-0.05, 0) is 19.4 Å². The summed E-state index contributed by atoms with van der Waals surface area (Å²) in [7, 11) is 1.78. The Morgan fingerprint density at radius 3 is 2.80 bits per heavy atom. The second-order valence-electron chi connectivity index (χ2n) is 4.49. The quantitative estimate of drug-likeness (QED) is 0.734. The second kappa shape index (κ2) is 5.13. The maximum atomic E-state index is 12.0. The van der Waals surface area contributed by atoms with E-state index in [1.165, 1.54) is 0 Å². The van der Waals surface area contributed by atoms with E-state index in [0.29, 0.717) is 12.5 Å². The van der Waals surface area contributed by atoms with Crippen LogP contribution in [0.25, 0.3) is 0 Å². The van der Waals surface area contributed by atoms with Gasteiger partial charge in [0.1, 0.15) is 0 Å². The maximum Gasteiger partial charge on any atom is 0.227 e. The number of hydrogen-bond acceptors (Lipinski definition) is 3. The van der Waals surface area contributed by atoms with Crippen molar-refractivity contribution in [3.63, 3.8) is 0 Å². The fraction of sp³-hybridized carbons (Fsp3) is 0.818. The molecule has 0 radical (unpaired) electrons. The number of nitrogens with one attached hydrogen (secondary N) is 1. The van der Waals surface area contributed by atoms with Crippen molar-refractivity contribution in [1.29, 1.82) is 5.26 Å². The summed E-state index contributed by atoms with van der Waals surface area (Å²) in [5.41, 5.74) is 0. The lowest BCUT2D eigenvalue weighted by Crippen LogP contribution is -2.38. The summed E-state index contributed by atoms with van der Waals surface area (Å²) < 4.78 is 0. The Morgan fingerprint density at radius 2 is 2.33 bits per heavy atom. The van der Waals surface area contributed by atoms with Crippen LogP contribution < -0.4 is 5.32 Å². The fourth-order valence-corrected chi connectivity index (χ4v) is 1.97. The molecule has 0 bridgehead atoms. The lowest BCUT2D eigenvalue weighted by atomic mass is 9.96. The van der Waals surface area contributed by atoms with Gasteiger partial charge in [-0.1, -0.05) is 6.92 Å². The molecule has 1 aliphatic rings. The molecule has 1 rings (SSSR count). The van der Waals surface area contributed by atoms with Crippen LogP contribution in [0.15, 0.2) is 0 Å². The Kier molecular flexibility index (Phi) is 4.10. The zero-order chi connectivity index (χ0) is 11.4. The minimum absolute atomic E-state index is 0.0842. The minimum atomic E-state index is -0.0939. The van der Waals surface area contributed by atoms with Crippen LogP contribution in [0.4, 0.5) is 0 Å². The number of rotatable bonds is 3. The zero-order valence-corrected chi connectivity index (χ0v) is 9.66. The maximum absolute atomic E-state index is 12.0. The second-order valence-corrected chi connectivity index (χ2v) is 4.49. The van der Waals surface area contributed by atoms with Crippen LogP contribution in [0.3, 0.4) is 0 Å². The van der Waals surface area contributed by atoms with Crippen LogP contribution in [-0.4, -0.2) is 37.5 Å². The molecule has 0 spiro atoms. The van der Waals surface area contributed by atoms with Crippen molar-refractivity contribution in [2.24, 2.45) is 17.8 Å². The van der Waals surface area contributed by atoms with Crippen molar-refractivity contribution in [2.75, 3.05) is 26.7 Å². The molecule has 1 unspecified atom stereocenters. The summed E-state index contributed by atoms with van der Waals surface area (Å²) in [6, 6.07) is 2.14. The lowest BCUT2D eigenvalue weighted by Gasteiger charge is -2.23.